The molecule has 2 heterocycles. The predicted molar refractivity (Wildman–Crippen MR) is 101 cm³/mol. The maximum Gasteiger partial charge on any atom is 0.255 e. The molecule has 3 aromatic rings. The summed E-state index contributed by atoms with van der Waals surface area (Å²) in [5.74, 6) is 1.08. The van der Waals surface area contributed by atoms with Crippen LogP contribution in [0.1, 0.15) is 43.5 Å². The number of aromatic amines is 2. The highest BCUT2D eigenvalue weighted by molar-refractivity contribution is 5.99. The van der Waals surface area contributed by atoms with E-state index in [1.54, 1.807) is 6.20 Å². The van der Waals surface area contributed by atoms with Crippen LogP contribution < -0.4 is 5.32 Å². The standard InChI is InChI=1S/C19H23N7O/c1-19(2,14-7-4-8-14)11-20-18(27)15-10-21-22-16(15)12-5-3-6-13(9-12)17-23-25-26-24-17/h3,5-6,9-10,14H,4,7-8,11H2,1-2H3,(H,20,27)(H,21,22)(H,23,24,25,26). The van der Waals surface area contributed by atoms with Crippen molar-refractivity contribution in [2.75, 3.05) is 6.54 Å². The molecule has 0 aliphatic heterocycles. The number of amides is 1. The van der Waals surface area contributed by atoms with Crippen LogP contribution >= 0.6 is 0 Å². The van der Waals surface area contributed by atoms with Gasteiger partial charge in [0.2, 0.25) is 5.82 Å². The lowest BCUT2D eigenvalue weighted by molar-refractivity contribution is 0.0859. The predicted octanol–water partition coefficient (Wildman–Crippen LogP) is 2.81. The third-order valence-corrected chi connectivity index (χ3v) is 5.55. The van der Waals surface area contributed by atoms with Crippen LogP contribution in [0.5, 0.6) is 0 Å². The van der Waals surface area contributed by atoms with E-state index in [0.717, 1.165) is 11.1 Å². The molecular formula is C19H23N7O. The molecule has 8 heteroatoms. The lowest BCUT2D eigenvalue weighted by Crippen LogP contribution is -2.41. The quantitative estimate of drug-likeness (QED) is 0.622. The van der Waals surface area contributed by atoms with Gasteiger partial charge in [0.25, 0.3) is 5.91 Å². The van der Waals surface area contributed by atoms with Crippen molar-refractivity contribution in [3.8, 4) is 22.6 Å². The largest absolute Gasteiger partial charge is 0.351 e. The number of aromatic nitrogens is 6. The van der Waals surface area contributed by atoms with Crippen molar-refractivity contribution in [1.82, 2.24) is 36.1 Å². The minimum atomic E-state index is -0.115. The molecular weight excluding hydrogens is 342 g/mol. The first kappa shape index (κ1) is 17.4. The average Bonchev–Trinajstić information content (AvgIpc) is 3.29. The lowest BCUT2D eigenvalue weighted by atomic mass is 9.67. The number of tetrazole rings is 1. The van der Waals surface area contributed by atoms with E-state index in [1.807, 2.05) is 24.3 Å². The smallest absolute Gasteiger partial charge is 0.255 e. The summed E-state index contributed by atoms with van der Waals surface area (Å²) in [7, 11) is 0. The van der Waals surface area contributed by atoms with Gasteiger partial charge in [-0.25, -0.2) is 0 Å². The number of hydrogen-bond donors (Lipinski definition) is 3. The number of rotatable bonds is 6. The maximum absolute atomic E-state index is 12.8. The first-order valence-electron chi connectivity index (χ1n) is 9.20. The minimum absolute atomic E-state index is 0.107. The Kier molecular flexibility index (Phi) is 4.47. The Balaban J connectivity index is 1.52. The highest BCUT2D eigenvalue weighted by Crippen LogP contribution is 2.41. The Labute approximate surface area is 157 Å². The Morgan fingerprint density at radius 3 is 2.81 bits per heavy atom. The van der Waals surface area contributed by atoms with Gasteiger partial charge in [0.15, 0.2) is 0 Å². The van der Waals surface area contributed by atoms with Crippen LogP contribution in [0.2, 0.25) is 0 Å². The summed E-state index contributed by atoms with van der Waals surface area (Å²) in [5.41, 5.74) is 2.98. The molecule has 1 saturated carbocycles. The molecule has 1 aliphatic carbocycles. The van der Waals surface area contributed by atoms with Crippen LogP contribution in [0, 0.1) is 11.3 Å². The second-order valence-corrected chi connectivity index (χ2v) is 7.77. The third-order valence-electron chi connectivity index (χ3n) is 5.55. The van der Waals surface area contributed by atoms with Crippen molar-refractivity contribution in [2.45, 2.75) is 33.1 Å². The molecule has 140 valence electrons. The normalized spacial score (nSPS) is 14.7. The number of carbonyl (C=O) groups is 1. The molecule has 2 aromatic heterocycles. The van der Waals surface area contributed by atoms with Crippen LogP contribution in [0.25, 0.3) is 22.6 Å². The number of hydrogen-bond acceptors (Lipinski definition) is 5. The summed E-state index contributed by atoms with van der Waals surface area (Å²) in [6.45, 7) is 5.10. The van der Waals surface area contributed by atoms with E-state index >= 15 is 0 Å². The second kappa shape index (κ2) is 6.94. The highest BCUT2D eigenvalue weighted by Gasteiger charge is 2.34. The molecule has 1 amide bonds. The molecule has 0 radical (unpaired) electrons. The van der Waals surface area contributed by atoms with Gasteiger partial charge in [-0.2, -0.15) is 10.3 Å². The number of H-pyrrole nitrogens is 2. The number of benzene rings is 1. The van der Waals surface area contributed by atoms with Crippen molar-refractivity contribution in [1.29, 1.82) is 0 Å². The van der Waals surface area contributed by atoms with Crippen LogP contribution in [0.3, 0.4) is 0 Å². The van der Waals surface area contributed by atoms with E-state index in [4.69, 9.17) is 0 Å². The van der Waals surface area contributed by atoms with Crippen molar-refractivity contribution in [3.05, 3.63) is 36.0 Å². The number of carbonyl (C=O) groups excluding carboxylic acids is 1. The Bertz CT molecular complexity index is 925. The van der Waals surface area contributed by atoms with Crippen molar-refractivity contribution in [2.24, 2.45) is 11.3 Å². The molecule has 4 rings (SSSR count). The Morgan fingerprint density at radius 2 is 2.11 bits per heavy atom. The molecule has 0 spiro atoms. The van der Waals surface area contributed by atoms with Gasteiger partial charge >= 0.3 is 0 Å². The van der Waals surface area contributed by atoms with Crippen LogP contribution in [-0.2, 0) is 0 Å². The van der Waals surface area contributed by atoms with Crippen LogP contribution in [-0.4, -0.2) is 43.3 Å². The van der Waals surface area contributed by atoms with Crippen molar-refractivity contribution in [3.63, 3.8) is 0 Å². The average molecular weight is 365 g/mol. The van der Waals surface area contributed by atoms with Crippen molar-refractivity contribution >= 4 is 5.91 Å². The van der Waals surface area contributed by atoms with Gasteiger partial charge in [-0.15, -0.1) is 10.2 Å². The summed E-state index contributed by atoms with van der Waals surface area (Å²) in [4.78, 5) is 12.8. The fourth-order valence-electron chi connectivity index (χ4n) is 3.51. The molecule has 1 aromatic carbocycles. The van der Waals surface area contributed by atoms with Gasteiger partial charge in [0.05, 0.1) is 17.5 Å². The van der Waals surface area contributed by atoms with E-state index in [2.05, 4.69) is 50.0 Å². The molecule has 0 saturated heterocycles. The summed E-state index contributed by atoms with van der Waals surface area (Å²) in [5, 5.41) is 24.2. The Hall–Kier alpha value is -3.03. The van der Waals surface area contributed by atoms with E-state index in [9.17, 15) is 4.79 Å². The van der Waals surface area contributed by atoms with Gasteiger partial charge in [0.1, 0.15) is 0 Å². The summed E-state index contributed by atoms with van der Waals surface area (Å²) < 4.78 is 0. The molecule has 8 nitrogen and oxygen atoms in total. The monoisotopic (exact) mass is 365 g/mol. The summed E-state index contributed by atoms with van der Waals surface area (Å²) in [6, 6.07) is 7.62. The molecule has 1 fully saturated rings. The van der Waals surface area contributed by atoms with E-state index in [-0.39, 0.29) is 11.3 Å². The molecule has 0 atom stereocenters. The van der Waals surface area contributed by atoms with Crippen LogP contribution in [0.4, 0.5) is 0 Å². The highest BCUT2D eigenvalue weighted by atomic mass is 16.1. The van der Waals surface area contributed by atoms with Gasteiger partial charge < -0.3 is 5.32 Å². The molecule has 0 unspecified atom stereocenters. The minimum Gasteiger partial charge on any atom is -0.351 e. The molecule has 27 heavy (non-hydrogen) atoms. The fraction of sp³-hybridized carbons (Fsp3) is 0.421. The molecule has 1 aliphatic rings. The fourth-order valence-corrected chi connectivity index (χ4v) is 3.51. The number of nitrogens with zero attached hydrogens (tertiary/aromatic N) is 4. The van der Waals surface area contributed by atoms with Gasteiger partial charge in [-0.1, -0.05) is 38.5 Å². The number of nitrogens with one attached hydrogen (secondary N) is 3. The topological polar surface area (TPSA) is 112 Å². The third kappa shape index (κ3) is 3.47. The van der Waals surface area contributed by atoms with Crippen LogP contribution in [0.15, 0.2) is 30.5 Å². The van der Waals surface area contributed by atoms with Gasteiger partial charge in [0, 0.05) is 17.7 Å². The first-order chi connectivity index (χ1) is 13.0. The summed E-state index contributed by atoms with van der Waals surface area (Å²) >= 11 is 0. The Morgan fingerprint density at radius 1 is 1.30 bits per heavy atom. The van der Waals surface area contributed by atoms with E-state index in [1.165, 1.54) is 19.3 Å². The second-order valence-electron chi connectivity index (χ2n) is 7.77. The zero-order chi connectivity index (χ0) is 18.9. The zero-order valence-corrected chi connectivity index (χ0v) is 15.5. The van der Waals surface area contributed by atoms with Gasteiger partial charge in [-0.05, 0) is 35.5 Å². The molecule has 0 bridgehead atoms. The maximum atomic E-state index is 12.8. The lowest BCUT2D eigenvalue weighted by Gasteiger charge is -2.40. The van der Waals surface area contributed by atoms with E-state index < -0.39 is 0 Å². The zero-order valence-electron chi connectivity index (χ0n) is 15.5. The van der Waals surface area contributed by atoms with Gasteiger partial charge in [-0.3, -0.25) is 9.89 Å². The molecule has 3 N–H and O–H groups in total. The SMILES string of the molecule is CC(C)(CNC(=O)c1cn[nH]c1-c1cccc(-c2nn[nH]n2)c1)C1CCC1. The summed E-state index contributed by atoms with van der Waals surface area (Å²) in [6.07, 6.45) is 5.37. The van der Waals surface area contributed by atoms with E-state index in [0.29, 0.717) is 29.5 Å². The first-order valence-corrected chi connectivity index (χ1v) is 9.20. The van der Waals surface area contributed by atoms with Crippen molar-refractivity contribution < 1.29 is 4.79 Å².